The monoisotopic (exact) mass is 676 g/mol. The predicted octanol–water partition coefficient (Wildman–Crippen LogP) is 12.2. The fourth-order valence-corrected chi connectivity index (χ4v) is 8.19. The fraction of sp³-hybridized carbons (Fsp3) is 0. The smallest absolute Gasteiger partial charge is 0.164 e. The predicted molar refractivity (Wildman–Crippen MR) is 211 cm³/mol. The molecule has 7 aromatic carbocycles. The molecule has 0 radical (unpaired) electrons. The van der Waals surface area contributed by atoms with Crippen molar-refractivity contribution in [3.8, 4) is 39.9 Å². The third-order valence-electron chi connectivity index (χ3n) is 9.41. The quantitative estimate of drug-likeness (QED) is 0.186. The van der Waals surface area contributed by atoms with E-state index in [0.29, 0.717) is 71.6 Å². The molecule has 0 atom stereocenters. The van der Waals surface area contributed by atoms with Crippen molar-refractivity contribution in [3.05, 3.63) is 158 Å². The van der Waals surface area contributed by atoms with Gasteiger partial charge in [0.15, 0.2) is 23.1 Å². The zero-order chi connectivity index (χ0) is 38.7. The summed E-state index contributed by atoms with van der Waals surface area (Å²) in [6.45, 7) is 0. The fourth-order valence-electron chi connectivity index (χ4n) is 7.16. The van der Waals surface area contributed by atoms with Crippen molar-refractivity contribution in [2.45, 2.75) is 0 Å². The molecule has 11 rings (SSSR count). The topological polar surface area (TPSA) is 56.7 Å². The van der Waals surface area contributed by atoms with Crippen LogP contribution in [0.25, 0.3) is 104 Å². The number of rotatable bonds is 4. The van der Waals surface area contributed by atoms with Crippen LogP contribution in [0.4, 0.5) is 0 Å². The van der Waals surface area contributed by atoms with Crippen molar-refractivity contribution in [2.75, 3.05) is 0 Å². The Balaban J connectivity index is 1.17. The van der Waals surface area contributed by atoms with Gasteiger partial charge in [0.2, 0.25) is 0 Å². The molecule has 0 saturated carbocycles. The molecular formula is C45H26N4OS. The van der Waals surface area contributed by atoms with Gasteiger partial charge >= 0.3 is 0 Å². The lowest BCUT2D eigenvalue weighted by atomic mass is 10.1. The Labute approximate surface area is 304 Å². The molecule has 11 aromatic rings. The lowest BCUT2D eigenvalue weighted by Gasteiger charge is -2.08. The molecular weight excluding hydrogens is 645 g/mol. The van der Waals surface area contributed by atoms with Crippen molar-refractivity contribution in [2.24, 2.45) is 0 Å². The summed E-state index contributed by atoms with van der Waals surface area (Å²) in [5.74, 6) is 1.60. The van der Waals surface area contributed by atoms with E-state index in [1.807, 2.05) is 114 Å². The summed E-state index contributed by atoms with van der Waals surface area (Å²) in [7, 11) is 0. The van der Waals surface area contributed by atoms with Crippen LogP contribution in [0, 0.1) is 0 Å². The van der Waals surface area contributed by atoms with Crippen molar-refractivity contribution in [1.29, 1.82) is 0 Å². The number of fused-ring (bicyclic) bond motifs is 10. The molecule has 0 spiro atoms. The molecule has 0 aliphatic heterocycles. The highest BCUT2D eigenvalue weighted by Gasteiger charge is 2.21. The van der Waals surface area contributed by atoms with Gasteiger partial charge in [0.25, 0.3) is 0 Å². The molecule has 0 aliphatic carbocycles. The van der Waals surface area contributed by atoms with Crippen LogP contribution in [0.2, 0.25) is 0 Å². The van der Waals surface area contributed by atoms with E-state index in [1.54, 1.807) is 0 Å². The molecule has 5 nitrogen and oxygen atoms in total. The van der Waals surface area contributed by atoms with Crippen molar-refractivity contribution >= 4 is 75.3 Å². The minimum Gasteiger partial charge on any atom is -0.454 e. The van der Waals surface area contributed by atoms with Crippen LogP contribution in [0.5, 0.6) is 0 Å². The second-order valence-electron chi connectivity index (χ2n) is 12.3. The molecule has 0 N–H and O–H groups in total. The van der Waals surface area contributed by atoms with E-state index in [1.165, 1.54) is 23.5 Å². The molecule has 0 unspecified atom stereocenters. The van der Waals surface area contributed by atoms with Crippen LogP contribution in [0.15, 0.2) is 162 Å². The van der Waals surface area contributed by atoms with Gasteiger partial charge in [0.1, 0.15) is 5.58 Å². The zero-order valence-electron chi connectivity index (χ0n) is 32.7. The summed E-state index contributed by atoms with van der Waals surface area (Å²) in [6.07, 6.45) is 0. The highest BCUT2D eigenvalue weighted by atomic mass is 32.1. The highest BCUT2D eigenvalue weighted by Crippen LogP contribution is 2.44. The van der Waals surface area contributed by atoms with Crippen molar-refractivity contribution in [1.82, 2.24) is 19.5 Å². The maximum atomic E-state index is 9.20. The van der Waals surface area contributed by atoms with Crippen LogP contribution < -0.4 is 0 Å². The molecule has 0 saturated heterocycles. The summed E-state index contributed by atoms with van der Waals surface area (Å²) in [5, 5.41) is 3.84. The molecule has 51 heavy (non-hydrogen) atoms. The van der Waals surface area contributed by atoms with Crippen LogP contribution in [-0.2, 0) is 0 Å². The number of hydrogen-bond acceptors (Lipinski definition) is 5. The average Bonchev–Trinajstić information content (AvgIpc) is 3.93. The third-order valence-corrected chi connectivity index (χ3v) is 10.5. The zero-order valence-corrected chi connectivity index (χ0v) is 27.5. The summed E-state index contributed by atoms with van der Waals surface area (Å²) in [6, 6.07) is 38.0. The van der Waals surface area contributed by atoms with Gasteiger partial charge in [-0.3, -0.25) is 0 Å². The Morgan fingerprint density at radius 3 is 1.98 bits per heavy atom. The maximum absolute atomic E-state index is 9.20. The van der Waals surface area contributed by atoms with E-state index in [9.17, 15) is 2.74 Å². The van der Waals surface area contributed by atoms with E-state index in [2.05, 4.69) is 0 Å². The number of hydrogen-bond donors (Lipinski definition) is 0. The van der Waals surface area contributed by atoms with Crippen molar-refractivity contribution in [3.63, 3.8) is 0 Å². The Hall–Kier alpha value is -6.63. The SMILES string of the molecule is [2H]c1cc([2H])c2sc3ccc4c(c5c([2H])c([2H])cc([2H])c5n4-c4cccc5c4oc4cc(-c6nc(-c7ccccc7)nc(-c7ccccc7)n6)ccc45)c3c2c1[2H]. The first-order chi connectivity index (χ1) is 27.7. The van der Waals surface area contributed by atoms with E-state index in [0.717, 1.165) is 32.2 Å². The minimum atomic E-state index is -0.0878. The summed E-state index contributed by atoms with van der Waals surface area (Å²) in [4.78, 5) is 14.7. The van der Waals surface area contributed by atoms with Crippen LogP contribution in [0.3, 0.4) is 0 Å². The average molecular weight is 677 g/mol. The number of para-hydroxylation sites is 2. The third kappa shape index (κ3) is 4.30. The number of furan rings is 1. The first-order valence-electron chi connectivity index (χ1n) is 19.4. The largest absolute Gasteiger partial charge is 0.454 e. The van der Waals surface area contributed by atoms with E-state index < -0.39 is 0 Å². The normalized spacial score (nSPS) is 13.6. The van der Waals surface area contributed by atoms with Gasteiger partial charge in [0.05, 0.1) is 24.9 Å². The highest BCUT2D eigenvalue weighted by molar-refractivity contribution is 7.26. The van der Waals surface area contributed by atoms with Gasteiger partial charge in [-0.15, -0.1) is 11.3 Å². The summed E-state index contributed by atoms with van der Waals surface area (Å²) >= 11 is 1.37. The van der Waals surface area contributed by atoms with E-state index >= 15 is 0 Å². The Morgan fingerprint density at radius 1 is 0.510 bits per heavy atom. The molecule has 238 valence electrons. The molecule has 0 fully saturated rings. The molecule has 0 bridgehead atoms. The molecule has 4 heterocycles. The lowest BCUT2D eigenvalue weighted by molar-refractivity contribution is 0.666. The maximum Gasteiger partial charge on any atom is 0.164 e. The van der Waals surface area contributed by atoms with Gasteiger partial charge in [-0.25, -0.2) is 15.0 Å². The van der Waals surface area contributed by atoms with Gasteiger partial charge in [0, 0.05) is 58.4 Å². The number of nitrogens with zero attached hydrogens (tertiary/aromatic N) is 4. The molecule has 4 aromatic heterocycles. The number of aromatic nitrogens is 4. The Kier molecular flexibility index (Phi) is 4.91. The van der Waals surface area contributed by atoms with Crippen LogP contribution in [-0.4, -0.2) is 19.5 Å². The Bertz CT molecular complexity index is 3430. The van der Waals surface area contributed by atoms with Crippen LogP contribution >= 0.6 is 11.3 Å². The van der Waals surface area contributed by atoms with Gasteiger partial charge < -0.3 is 8.98 Å². The van der Waals surface area contributed by atoms with E-state index in [4.69, 9.17) is 24.9 Å². The minimum absolute atomic E-state index is 0.000417. The standard InChI is InChI=1S/C45H26N4OS/c1-3-12-27(13-4-1)43-46-44(28-14-5-2-6-15-28)48-45(47-43)29-22-23-30-31-18-11-20-36(42(31)50-37(30)26-29)49-34-19-9-7-16-32(34)40-35(49)24-25-39-41(40)33-17-8-10-21-38(33)51-39/h1-26H/i7D,8D,16D,17D,19D,21D. The van der Waals surface area contributed by atoms with Gasteiger partial charge in [-0.05, 0) is 42.4 Å². The number of thiophene rings is 1. The second kappa shape index (κ2) is 10.9. The van der Waals surface area contributed by atoms with Gasteiger partial charge in [-0.2, -0.15) is 0 Å². The lowest BCUT2D eigenvalue weighted by Crippen LogP contribution is -2.00. The number of benzene rings is 7. The molecule has 6 heteroatoms. The summed E-state index contributed by atoms with van der Waals surface area (Å²) < 4.78 is 63.1. The first kappa shape index (κ1) is 22.9. The molecule has 0 aliphatic rings. The Morgan fingerprint density at radius 2 is 1.22 bits per heavy atom. The second-order valence-corrected chi connectivity index (χ2v) is 13.4. The van der Waals surface area contributed by atoms with Crippen molar-refractivity contribution < 1.29 is 12.6 Å². The van der Waals surface area contributed by atoms with E-state index in [-0.39, 0.29) is 36.3 Å². The van der Waals surface area contributed by atoms with Crippen LogP contribution in [0.1, 0.15) is 8.22 Å². The molecule has 0 amide bonds. The van der Waals surface area contributed by atoms with Gasteiger partial charge in [-0.1, -0.05) is 115 Å². The first-order valence-corrected chi connectivity index (χ1v) is 17.3. The summed E-state index contributed by atoms with van der Waals surface area (Å²) in [5.41, 5.74) is 5.38.